The van der Waals surface area contributed by atoms with Gasteiger partial charge in [0, 0.05) is 12.2 Å². The summed E-state index contributed by atoms with van der Waals surface area (Å²) in [5, 5.41) is 9.41. The lowest BCUT2D eigenvalue weighted by molar-refractivity contribution is 0.109. The molecule has 0 amide bonds. The number of sulfonamides is 1. The van der Waals surface area contributed by atoms with E-state index < -0.39 is 10.0 Å². The largest absolute Gasteiger partial charge is 0.399 e. The van der Waals surface area contributed by atoms with E-state index in [-0.39, 0.29) is 11.0 Å². The van der Waals surface area contributed by atoms with Crippen molar-refractivity contribution in [3.05, 3.63) is 24.3 Å². The van der Waals surface area contributed by atoms with Gasteiger partial charge in [-0.2, -0.15) is 0 Å². The molecule has 0 heterocycles. The lowest BCUT2D eigenvalue weighted by Gasteiger charge is -2.25. The van der Waals surface area contributed by atoms with Crippen molar-refractivity contribution in [3.63, 3.8) is 0 Å². The van der Waals surface area contributed by atoms with Crippen LogP contribution in [0.15, 0.2) is 29.2 Å². The quantitative estimate of drug-likeness (QED) is 0.722. The first kappa shape index (κ1) is 14.3. The van der Waals surface area contributed by atoms with Gasteiger partial charge in [-0.05, 0) is 55.9 Å². The Bertz CT molecular complexity index is 505. The van der Waals surface area contributed by atoms with Gasteiger partial charge in [0.2, 0.25) is 10.0 Å². The lowest BCUT2D eigenvalue weighted by Crippen LogP contribution is -2.32. The number of benzene rings is 1. The second-order valence-corrected chi connectivity index (χ2v) is 6.86. The molecule has 4 N–H and O–H groups in total. The topological polar surface area (TPSA) is 92.4 Å². The maximum absolute atomic E-state index is 12.0. The van der Waals surface area contributed by atoms with Crippen LogP contribution < -0.4 is 10.5 Å². The Hall–Kier alpha value is -1.11. The van der Waals surface area contributed by atoms with Crippen LogP contribution in [-0.2, 0) is 10.0 Å². The Morgan fingerprint density at radius 2 is 1.74 bits per heavy atom. The number of nitrogens with two attached hydrogens (primary N) is 1. The van der Waals surface area contributed by atoms with E-state index in [1.54, 1.807) is 12.1 Å². The Kier molecular flexibility index (Phi) is 4.44. The van der Waals surface area contributed by atoms with Crippen molar-refractivity contribution in [2.75, 3.05) is 12.3 Å². The summed E-state index contributed by atoms with van der Waals surface area (Å²) in [4.78, 5) is 0.234. The predicted molar refractivity (Wildman–Crippen MR) is 74.0 cm³/mol. The predicted octanol–water partition coefficient (Wildman–Crippen LogP) is 1.10. The SMILES string of the molecule is Nc1ccc(S(=O)(=O)NCC2CCC(O)CC2)cc1. The van der Waals surface area contributed by atoms with Crippen molar-refractivity contribution in [2.24, 2.45) is 5.92 Å². The second-order valence-electron chi connectivity index (χ2n) is 5.10. The monoisotopic (exact) mass is 284 g/mol. The average molecular weight is 284 g/mol. The zero-order chi connectivity index (χ0) is 13.9. The minimum absolute atomic E-state index is 0.218. The van der Waals surface area contributed by atoms with Gasteiger partial charge in [-0.25, -0.2) is 13.1 Å². The third-order valence-electron chi connectivity index (χ3n) is 3.57. The van der Waals surface area contributed by atoms with Crippen LogP contribution in [0.4, 0.5) is 5.69 Å². The van der Waals surface area contributed by atoms with Crippen molar-refractivity contribution in [1.29, 1.82) is 0 Å². The first-order chi connectivity index (χ1) is 8.97. The highest BCUT2D eigenvalue weighted by molar-refractivity contribution is 7.89. The summed E-state index contributed by atoms with van der Waals surface area (Å²) in [5.74, 6) is 0.312. The number of hydrogen-bond acceptors (Lipinski definition) is 4. The van der Waals surface area contributed by atoms with Crippen molar-refractivity contribution < 1.29 is 13.5 Å². The van der Waals surface area contributed by atoms with Crippen LogP contribution in [0, 0.1) is 5.92 Å². The number of anilines is 1. The fourth-order valence-electron chi connectivity index (χ4n) is 2.31. The molecular formula is C13H20N2O3S. The molecule has 106 valence electrons. The molecule has 2 rings (SSSR count). The lowest BCUT2D eigenvalue weighted by atomic mass is 9.88. The molecule has 0 spiro atoms. The number of aliphatic hydroxyl groups is 1. The Labute approximate surface area is 113 Å². The number of nitrogen functional groups attached to an aromatic ring is 1. The summed E-state index contributed by atoms with van der Waals surface area (Å²) >= 11 is 0. The fourth-order valence-corrected chi connectivity index (χ4v) is 3.42. The van der Waals surface area contributed by atoms with Gasteiger partial charge in [-0.1, -0.05) is 0 Å². The van der Waals surface area contributed by atoms with Gasteiger partial charge >= 0.3 is 0 Å². The molecule has 6 heteroatoms. The zero-order valence-electron chi connectivity index (χ0n) is 10.7. The van der Waals surface area contributed by atoms with E-state index in [0.717, 1.165) is 25.7 Å². The maximum atomic E-state index is 12.0. The molecule has 1 aliphatic rings. The summed E-state index contributed by atoms with van der Waals surface area (Å²) in [7, 11) is -3.46. The van der Waals surface area contributed by atoms with Crippen LogP contribution in [0.5, 0.6) is 0 Å². The summed E-state index contributed by atoms with van der Waals surface area (Å²) in [5.41, 5.74) is 6.08. The van der Waals surface area contributed by atoms with Gasteiger partial charge in [-0.15, -0.1) is 0 Å². The molecule has 1 aromatic rings. The summed E-state index contributed by atoms with van der Waals surface area (Å²) in [6.07, 6.45) is 3.03. The number of hydrogen-bond donors (Lipinski definition) is 3. The second kappa shape index (κ2) is 5.90. The third-order valence-corrected chi connectivity index (χ3v) is 5.01. The molecule has 0 unspecified atom stereocenters. The molecule has 0 atom stereocenters. The van der Waals surface area contributed by atoms with Gasteiger partial charge in [0.15, 0.2) is 0 Å². The highest BCUT2D eigenvalue weighted by Gasteiger charge is 2.21. The standard InChI is InChI=1S/C13H20N2O3S/c14-11-3-7-13(8-4-11)19(17,18)15-9-10-1-5-12(16)6-2-10/h3-4,7-8,10,12,15-16H,1-2,5-6,9,14H2. The van der Waals surface area contributed by atoms with Crippen LogP contribution in [0.1, 0.15) is 25.7 Å². The fraction of sp³-hybridized carbons (Fsp3) is 0.538. The number of aliphatic hydroxyl groups excluding tert-OH is 1. The third kappa shape index (κ3) is 3.92. The van der Waals surface area contributed by atoms with Crippen molar-refractivity contribution in [2.45, 2.75) is 36.7 Å². The molecule has 1 fully saturated rings. The molecule has 0 saturated heterocycles. The normalized spacial score (nSPS) is 24.3. The Morgan fingerprint density at radius 3 is 2.32 bits per heavy atom. The van der Waals surface area contributed by atoms with Crippen molar-refractivity contribution in [1.82, 2.24) is 4.72 Å². The molecular weight excluding hydrogens is 264 g/mol. The first-order valence-electron chi connectivity index (χ1n) is 6.50. The van der Waals surface area contributed by atoms with Crippen LogP contribution in [0.25, 0.3) is 0 Å². The molecule has 0 radical (unpaired) electrons. The minimum atomic E-state index is -3.46. The van der Waals surface area contributed by atoms with Gasteiger partial charge in [-0.3, -0.25) is 0 Å². The maximum Gasteiger partial charge on any atom is 0.240 e. The first-order valence-corrected chi connectivity index (χ1v) is 7.99. The molecule has 0 bridgehead atoms. The van der Waals surface area contributed by atoms with Crippen molar-refractivity contribution >= 4 is 15.7 Å². The summed E-state index contributed by atoms with van der Waals surface area (Å²) in [6.45, 7) is 0.430. The molecule has 1 aromatic carbocycles. The van der Waals surface area contributed by atoms with E-state index in [4.69, 9.17) is 5.73 Å². The van der Waals surface area contributed by atoms with Crippen LogP contribution in [0.2, 0.25) is 0 Å². The molecule has 19 heavy (non-hydrogen) atoms. The zero-order valence-corrected chi connectivity index (χ0v) is 11.6. The molecule has 1 saturated carbocycles. The van der Waals surface area contributed by atoms with Crippen LogP contribution >= 0.6 is 0 Å². The number of nitrogens with one attached hydrogen (secondary N) is 1. The molecule has 0 aromatic heterocycles. The summed E-state index contributed by atoms with van der Waals surface area (Å²) < 4.78 is 26.7. The average Bonchev–Trinajstić information content (AvgIpc) is 2.39. The van der Waals surface area contributed by atoms with Crippen LogP contribution in [-0.4, -0.2) is 26.2 Å². The van der Waals surface area contributed by atoms with E-state index in [1.165, 1.54) is 12.1 Å². The van der Waals surface area contributed by atoms with E-state index in [2.05, 4.69) is 4.72 Å². The van der Waals surface area contributed by atoms with Crippen LogP contribution in [0.3, 0.4) is 0 Å². The molecule has 5 nitrogen and oxygen atoms in total. The Balaban J connectivity index is 1.92. The highest BCUT2D eigenvalue weighted by Crippen LogP contribution is 2.24. The van der Waals surface area contributed by atoms with Gasteiger partial charge in [0.05, 0.1) is 11.0 Å². The summed E-state index contributed by atoms with van der Waals surface area (Å²) in [6, 6.07) is 6.15. The van der Waals surface area contributed by atoms with E-state index in [1.807, 2.05) is 0 Å². The van der Waals surface area contributed by atoms with E-state index >= 15 is 0 Å². The smallest absolute Gasteiger partial charge is 0.240 e. The molecule has 1 aliphatic carbocycles. The van der Waals surface area contributed by atoms with Crippen molar-refractivity contribution in [3.8, 4) is 0 Å². The van der Waals surface area contributed by atoms with Gasteiger partial charge in [0.1, 0.15) is 0 Å². The number of rotatable bonds is 4. The van der Waals surface area contributed by atoms with E-state index in [9.17, 15) is 13.5 Å². The molecule has 0 aliphatic heterocycles. The highest BCUT2D eigenvalue weighted by atomic mass is 32.2. The van der Waals surface area contributed by atoms with E-state index in [0.29, 0.717) is 18.2 Å². The Morgan fingerprint density at radius 1 is 1.16 bits per heavy atom. The van der Waals surface area contributed by atoms with Gasteiger partial charge in [0.25, 0.3) is 0 Å². The van der Waals surface area contributed by atoms with Gasteiger partial charge < -0.3 is 10.8 Å². The minimum Gasteiger partial charge on any atom is -0.399 e.